The molecule has 0 N–H and O–H groups in total. The molecule has 0 unspecified atom stereocenters. The minimum atomic E-state index is -0.0624. The van der Waals surface area contributed by atoms with Crippen LogP contribution in [0.4, 0.5) is 5.82 Å². The number of amides is 1. The molecule has 6 nitrogen and oxygen atoms in total. The first-order chi connectivity index (χ1) is 11.3. The quantitative estimate of drug-likeness (QED) is 0.874. The number of pyridine rings is 1. The van der Waals surface area contributed by atoms with E-state index in [1.807, 2.05) is 24.7 Å². The number of hydrogen-bond acceptors (Lipinski definition) is 4. The molecule has 1 aliphatic heterocycles. The predicted octanol–water partition coefficient (Wildman–Crippen LogP) is 2.71. The molecule has 6 heteroatoms. The molecular formula is C17H20N4O2. The van der Waals surface area contributed by atoms with E-state index >= 15 is 0 Å². The lowest BCUT2D eigenvalue weighted by Gasteiger charge is -2.30. The minimum absolute atomic E-state index is 0.0624. The summed E-state index contributed by atoms with van der Waals surface area (Å²) in [6, 6.07) is 4.17. The maximum atomic E-state index is 12.3. The first kappa shape index (κ1) is 14.2. The highest BCUT2D eigenvalue weighted by atomic mass is 16.5. The van der Waals surface area contributed by atoms with Crippen LogP contribution in [0.15, 0.2) is 30.9 Å². The number of carbonyl (C=O) groups excluding carboxylic acids is 1. The van der Waals surface area contributed by atoms with Crippen molar-refractivity contribution in [3.8, 4) is 5.75 Å². The van der Waals surface area contributed by atoms with Gasteiger partial charge in [0.15, 0.2) is 18.2 Å². The summed E-state index contributed by atoms with van der Waals surface area (Å²) < 4.78 is 7.70. The van der Waals surface area contributed by atoms with Crippen molar-refractivity contribution in [2.45, 2.75) is 44.7 Å². The van der Waals surface area contributed by atoms with Gasteiger partial charge in [0, 0.05) is 18.4 Å². The van der Waals surface area contributed by atoms with Gasteiger partial charge < -0.3 is 9.30 Å². The lowest BCUT2D eigenvalue weighted by atomic mass is 9.95. The molecule has 2 aromatic rings. The van der Waals surface area contributed by atoms with Crippen molar-refractivity contribution in [1.29, 1.82) is 0 Å². The van der Waals surface area contributed by atoms with Crippen LogP contribution in [0.25, 0.3) is 0 Å². The molecule has 4 rings (SSSR count). The molecule has 1 amide bonds. The van der Waals surface area contributed by atoms with E-state index < -0.39 is 0 Å². The van der Waals surface area contributed by atoms with E-state index in [1.54, 1.807) is 11.1 Å². The van der Waals surface area contributed by atoms with Crippen molar-refractivity contribution in [2.75, 3.05) is 11.5 Å². The third-order valence-electron chi connectivity index (χ3n) is 4.69. The Balaban J connectivity index is 1.61. The molecule has 3 heterocycles. The maximum Gasteiger partial charge on any atom is 0.266 e. The van der Waals surface area contributed by atoms with Gasteiger partial charge in [0.2, 0.25) is 0 Å². The summed E-state index contributed by atoms with van der Waals surface area (Å²) in [5.41, 5.74) is 1.06. The molecule has 0 spiro atoms. The molecule has 0 radical (unpaired) electrons. The summed E-state index contributed by atoms with van der Waals surface area (Å²) >= 11 is 0. The third kappa shape index (κ3) is 2.69. The minimum Gasteiger partial charge on any atom is -0.480 e. The van der Waals surface area contributed by atoms with Crippen LogP contribution in [0.3, 0.4) is 0 Å². The normalized spacial score (nSPS) is 18.6. The molecule has 0 saturated heterocycles. The molecule has 0 atom stereocenters. The Kier molecular flexibility index (Phi) is 3.73. The molecule has 120 valence electrons. The average Bonchev–Trinajstić information content (AvgIpc) is 3.06. The number of aromatic nitrogens is 3. The molecule has 1 fully saturated rings. The van der Waals surface area contributed by atoms with Gasteiger partial charge in [-0.25, -0.2) is 9.97 Å². The molecule has 2 aromatic heterocycles. The number of imidazole rings is 1. The van der Waals surface area contributed by atoms with Gasteiger partial charge in [-0.2, -0.15) is 0 Å². The number of anilines is 1. The lowest BCUT2D eigenvalue weighted by Crippen LogP contribution is -2.39. The van der Waals surface area contributed by atoms with E-state index in [9.17, 15) is 4.79 Å². The topological polar surface area (TPSA) is 60.2 Å². The van der Waals surface area contributed by atoms with Crippen molar-refractivity contribution >= 4 is 11.7 Å². The Labute approximate surface area is 135 Å². The number of rotatable bonds is 3. The average molecular weight is 312 g/mol. The molecule has 23 heavy (non-hydrogen) atoms. The fourth-order valence-electron chi connectivity index (χ4n) is 3.50. The standard InChI is InChI=1S/C17H20N4O2/c22-16-11-23-15-7-4-8-19-17(15)20(16)10-14-9-18-12-21(14)13-5-2-1-3-6-13/h4,7-9,12-13H,1-3,5-6,10-11H2. The number of carbonyl (C=O) groups is 1. The van der Waals surface area contributed by atoms with Crippen molar-refractivity contribution in [2.24, 2.45) is 0 Å². The van der Waals surface area contributed by atoms with E-state index in [-0.39, 0.29) is 12.5 Å². The second kappa shape index (κ2) is 6.02. The molecule has 0 bridgehead atoms. The van der Waals surface area contributed by atoms with Gasteiger partial charge in [0.05, 0.1) is 18.6 Å². The van der Waals surface area contributed by atoms with E-state index in [4.69, 9.17) is 4.74 Å². The number of ether oxygens (including phenoxy) is 1. The molecule has 1 saturated carbocycles. The Morgan fingerprint density at radius 2 is 2.13 bits per heavy atom. The van der Waals surface area contributed by atoms with E-state index in [2.05, 4.69) is 14.5 Å². The summed E-state index contributed by atoms with van der Waals surface area (Å²) in [5.74, 6) is 1.20. The fraction of sp³-hybridized carbons (Fsp3) is 0.471. The van der Waals surface area contributed by atoms with Crippen LogP contribution in [0.5, 0.6) is 5.75 Å². The number of fused-ring (bicyclic) bond motifs is 1. The lowest BCUT2D eigenvalue weighted by molar-refractivity contribution is -0.121. The second-order valence-corrected chi connectivity index (χ2v) is 6.18. The highest BCUT2D eigenvalue weighted by Crippen LogP contribution is 2.32. The van der Waals surface area contributed by atoms with Crippen LogP contribution in [-0.4, -0.2) is 27.0 Å². The molecule has 0 aromatic carbocycles. The Bertz CT molecular complexity index is 706. The van der Waals surface area contributed by atoms with Crippen molar-refractivity contribution < 1.29 is 9.53 Å². The first-order valence-corrected chi connectivity index (χ1v) is 8.22. The van der Waals surface area contributed by atoms with E-state index in [0.29, 0.717) is 24.2 Å². The summed E-state index contributed by atoms with van der Waals surface area (Å²) in [4.78, 5) is 22.6. The Hall–Kier alpha value is -2.37. The molecular weight excluding hydrogens is 292 g/mol. The van der Waals surface area contributed by atoms with Gasteiger partial charge in [-0.1, -0.05) is 19.3 Å². The van der Waals surface area contributed by atoms with Gasteiger partial charge in [0.1, 0.15) is 0 Å². The van der Waals surface area contributed by atoms with Crippen LogP contribution in [0.2, 0.25) is 0 Å². The Morgan fingerprint density at radius 1 is 1.26 bits per heavy atom. The van der Waals surface area contributed by atoms with Crippen molar-refractivity contribution in [3.05, 3.63) is 36.5 Å². The SMILES string of the molecule is O=C1COc2cccnc2N1Cc1cncn1C1CCCCC1. The van der Waals surface area contributed by atoms with E-state index in [0.717, 1.165) is 5.69 Å². The van der Waals surface area contributed by atoms with Gasteiger partial charge in [-0.05, 0) is 25.0 Å². The van der Waals surface area contributed by atoms with Gasteiger partial charge in [-0.3, -0.25) is 9.69 Å². The van der Waals surface area contributed by atoms with Crippen LogP contribution in [-0.2, 0) is 11.3 Å². The van der Waals surface area contributed by atoms with Crippen LogP contribution >= 0.6 is 0 Å². The van der Waals surface area contributed by atoms with Crippen molar-refractivity contribution in [1.82, 2.24) is 14.5 Å². The zero-order valence-electron chi connectivity index (χ0n) is 13.0. The largest absolute Gasteiger partial charge is 0.480 e. The Morgan fingerprint density at radius 3 is 3.00 bits per heavy atom. The van der Waals surface area contributed by atoms with Gasteiger partial charge in [-0.15, -0.1) is 0 Å². The monoisotopic (exact) mass is 312 g/mol. The zero-order valence-corrected chi connectivity index (χ0v) is 13.0. The summed E-state index contributed by atoms with van der Waals surface area (Å²) in [7, 11) is 0. The van der Waals surface area contributed by atoms with Crippen molar-refractivity contribution in [3.63, 3.8) is 0 Å². The smallest absolute Gasteiger partial charge is 0.266 e. The summed E-state index contributed by atoms with van der Waals surface area (Å²) in [6.07, 6.45) is 11.7. The highest BCUT2D eigenvalue weighted by Gasteiger charge is 2.28. The van der Waals surface area contributed by atoms with Gasteiger partial charge >= 0.3 is 0 Å². The number of hydrogen-bond donors (Lipinski definition) is 0. The third-order valence-corrected chi connectivity index (χ3v) is 4.69. The van der Waals surface area contributed by atoms with Crippen LogP contribution in [0, 0.1) is 0 Å². The van der Waals surface area contributed by atoms with Crippen LogP contribution in [0.1, 0.15) is 43.8 Å². The fourth-order valence-corrected chi connectivity index (χ4v) is 3.50. The molecule has 2 aliphatic rings. The van der Waals surface area contributed by atoms with E-state index in [1.165, 1.54) is 32.1 Å². The second-order valence-electron chi connectivity index (χ2n) is 6.18. The summed E-state index contributed by atoms with van der Waals surface area (Å²) in [5, 5.41) is 0. The van der Waals surface area contributed by atoms with Gasteiger partial charge in [0.25, 0.3) is 5.91 Å². The highest BCUT2D eigenvalue weighted by molar-refractivity contribution is 5.96. The molecule has 1 aliphatic carbocycles. The summed E-state index contributed by atoms with van der Waals surface area (Å²) in [6.45, 7) is 0.555. The van der Waals surface area contributed by atoms with Crippen LogP contribution < -0.4 is 9.64 Å². The number of nitrogens with zero attached hydrogens (tertiary/aromatic N) is 4. The maximum absolute atomic E-state index is 12.3. The predicted molar refractivity (Wildman–Crippen MR) is 85.3 cm³/mol. The zero-order chi connectivity index (χ0) is 15.6. The first-order valence-electron chi connectivity index (χ1n) is 8.22.